The first-order chi connectivity index (χ1) is 13.8. The third-order valence-electron chi connectivity index (χ3n) is 4.79. The summed E-state index contributed by atoms with van der Waals surface area (Å²) in [4.78, 5) is 11.7. The van der Waals surface area contributed by atoms with Crippen molar-refractivity contribution in [2.75, 3.05) is 19.6 Å². The van der Waals surface area contributed by atoms with Crippen LogP contribution in [-0.2, 0) is 6.54 Å². The van der Waals surface area contributed by atoms with Gasteiger partial charge in [-0.2, -0.15) is 5.10 Å². The van der Waals surface area contributed by atoms with Gasteiger partial charge < -0.3 is 10.6 Å². The van der Waals surface area contributed by atoms with E-state index in [1.807, 2.05) is 36.9 Å². The van der Waals surface area contributed by atoms with Crippen LogP contribution in [0.2, 0.25) is 0 Å². The van der Waals surface area contributed by atoms with E-state index in [2.05, 4.69) is 66.3 Å². The van der Waals surface area contributed by atoms with Gasteiger partial charge in [0.25, 0.3) is 0 Å². The fraction of sp³-hybridized carbons (Fsp3) is 0.591. The van der Waals surface area contributed by atoms with Crippen LogP contribution < -0.4 is 10.6 Å². The van der Waals surface area contributed by atoms with Crippen molar-refractivity contribution in [2.45, 2.75) is 67.1 Å². The van der Waals surface area contributed by atoms with E-state index in [9.17, 15) is 0 Å². The molecule has 0 amide bonds. The number of hydrogen-bond acceptors (Lipinski definition) is 4. The monoisotopic (exact) mass is 399 g/mol. The molecule has 29 heavy (non-hydrogen) atoms. The topological polar surface area (TPSA) is 70.4 Å². The minimum absolute atomic E-state index is 0.531. The summed E-state index contributed by atoms with van der Waals surface area (Å²) in [5, 5.41) is 11.2. The van der Waals surface area contributed by atoms with Crippen molar-refractivity contribution in [1.29, 1.82) is 0 Å². The van der Waals surface area contributed by atoms with Crippen molar-refractivity contribution in [3.8, 4) is 5.82 Å². The van der Waals surface area contributed by atoms with E-state index in [4.69, 9.17) is 4.99 Å². The van der Waals surface area contributed by atoms with Crippen molar-refractivity contribution in [1.82, 2.24) is 30.3 Å². The number of aromatic nitrogens is 3. The molecule has 0 spiro atoms. The highest BCUT2D eigenvalue weighted by atomic mass is 15.3. The van der Waals surface area contributed by atoms with Gasteiger partial charge in [0.05, 0.1) is 12.2 Å². The zero-order chi connectivity index (χ0) is 21.4. The van der Waals surface area contributed by atoms with E-state index >= 15 is 0 Å². The second-order valence-electron chi connectivity index (χ2n) is 7.91. The maximum Gasteiger partial charge on any atom is 0.191 e. The molecule has 0 aliphatic carbocycles. The SMILES string of the molecule is CCNC(=NCc1ccc(-n2nc(C)cc2C)nc1)NCCN(C(C)C)C(C)C. The van der Waals surface area contributed by atoms with Gasteiger partial charge in [0.2, 0.25) is 0 Å². The van der Waals surface area contributed by atoms with Gasteiger partial charge in [0.15, 0.2) is 11.8 Å². The first-order valence-corrected chi connectivity index (χ1v) is 10.6. The van der Waals surface area contributed by atoms with Gasteiger partial charge >= 0.3 is 0 Å². The van der Waals surface area contributed by atoms with Gasteiger partial charge in [-0.05, 0) is 66.2 Å². The van der Waals surface area contributed by atoms with Crippen LogP contribution in [0.15, 0.2) is 29.4 Å². The summed E-state index contributed by atoms with van der Waals surface area (Å²) in [6.45, 7) is 18.3. The minimum atomic E-state index is 0.531. The van der Waals surface area contributed by atoms with Crippen LogP contribution in [0.3, 0.4) is 0 Å². The van der Waals surface area contributed by atoms with Crippen molar-refractivity contribution in [2.24, 2.45) is 4.99 Å². The van der Waals surface area contributed by atoms with Crippen molar-refractivity contribution in [3.05, 3.63) is 41.3 Å². The first kappa shape index (κ1) is 22.9. The Morgan fingerprint density at radius 1 is 1.14 bits per heavy atom. The van der Waals surface area contributed by atoms with Crippen LogP contribution in [0.5, 0.6) is 0 Å². The molecule has 2 rings (SSSR count). The van der Waals surface area contributed by atoms with Gasteiger partial charge in [-0.25, -0.2) is 14.7 Å². The van der Waals surface area contributed by atoms with Crippen LogP contribution >= 0.6 is 0 Å². The zero-order valence-corrected chi connectivity index (χ0v) is 19.0. The minimum Gasteiger partial charge on any atom is -0.357 e. The Hall–Kier alpha value is -2.41. The quantitative estimate of drug-likeness (QED) is 0.501. The van der Waals surface area contributed by atoms with E-state index < -0.39 is 0 Å². The van der Waals surface area contributed by atoms with E-state index in [0.717, 1.165) is 48.4 Å². The van der Waals surface area contributed by atoms with Gasteiger partial charge in [-0.15, -0.1) is 0 Å². The molecular weight excluding hydrogens is 362 g/mol. The van der Waals surface area contributed by atoms with Gasteiger partial charge in [-0.3, -0.25) is 4.90 Å². The fourth-order valence-corrected chi connectivity index (χ4v) is 3.42. The highest BCUT2D eigenvalue weighted by Gasteiger charge is 2.12. The van der Waals surface area contributed by atoms with Gasteiger partial charge in [-0.1, -0.05) is 6.07 Å². The molecule has 0 aliphatic rings. The molecule has 2 aromatic heterocycles. The molecule has 0 aliphatic heterocycles. The normalized spacial score (nSPS) is 12.3. The molecule has 0 saturated carbocycles. The standard InChI is InChI=1S/C22H37N7/c1-8-23-22(24-11-12-28(16(2)3)17(4)5)26-15-20-9-10-21(25-14-20)29-19(7)13-18(6)27-29/h9-10,13-14,16-17H,8,11-12,15H2,1-7H3,(H2,23,24,26). The van der Waals surface area contributed by atoms with Crippen molar-refractivity contribution < 1.29 is 0 Å². The Balaban J connectivity index is 1.96. The summed E-state index contributed by atoms with van der Waals surface area (Å²) in [5.41, 5.74) is 3.14. The van der Waals surface area contributed by atoms with Crippen LogP contribution in [0.25, 0.3) is 5.82 Å². The molecule has 0 saturated heterocycles. The molecular formula is C22H37N7. The summed E-state index contributed by atoms with van der Waals surface area (Å²) >= 11 is 0. The van der Waals surface area contributed by atoms with E-state index in [0.29, 0.717) is 18.6 Å². The lowest BCUT2D eigenvalue weighted by Gasteiger charge is -2.30. The van der Waals surface area contributed by atoms with Crippen molar-refractivity contribution >= 4 is 5.96 Å². The molecule has 2 heterocycles. The Morgan fingerprint density at radius 3 is 2.38 bits per heavy atom. The highest BCUT2D eigenvalue weighted by Crippen LogP contribution is 2.10. The number of rotatable bonds is 9. The number of hydrogen-bond donors (Lipinski definition) is 2. The van der Waals surface area contributed by atoms with Crippen LogP contribution in [0.1, 0.15) is 51.6 Å². The average molecular weight is 400 g/mol. The Bertz CT molecular complexity index is 767. The summed E-state index contributed by atoms with van der Waals surface area (Å²) in [6, 6.07) is 7.17. The smallest absolute Gasteiger partial charge is 0.191 e. The predicted molar refractivity (Wildman–Crippen MR) is 121 cm³/mol. The summed E-state index contributed by atoms with van der Waals surface area (Å²) in [7, 11) is 0. The predicted octanol–water partition coefficient (Wildman–Crippen LogP) is 3.06. The molecule has 0 bridgehead atoms. The van der Waals surface area contributed by atoms with Gasteiger partial charge in [0.1, 0.15) is 0 Å². The van der Waals surface area contributed by atoms with E-state index in [-0.39, 0.29) is 0 Å². The second-order valence-corrected chi connectivity index (χ2v) is 7.91. The van der Waals surface area contributed by atoms with Crippen LogP contribution in [-0.4, -0.2) is 57.3 Å². The highest BCUT2D eigenvalue weighted by molar-refractivity contribution is 5.79. The summed E-state index contributed by atoms with van der Waals surface area (Å²) in [5.74, 6) is 1.67. The molecule has 0 unspecified atom stereocenters. The number of aryl methyl sites for hydroxylation is 2. The van der Waals surface area contributed by atoms with Crippen LogP contribution in [0, 0.1) is 13.8 Å². The van der Waals surface area contributed by atoms with E-state index in [1.165, 1.54) is 0 Å². The Morgan fingerprint density at radius 2 is 1.86 bits per heavy atom. The molecule has 0 fully saturated rings. The number of aliphatic imine (C=N–C) groups is 1. The van der Waals surface area contributed by atoms with Gasteiger partial charge in [0, 0.05) is 43.6 Å². The summed E-state index contributed by atoms with van der Waals surface area (Å²) < 4.78 is 1.86. The maximum absolute atomic E-state index is 4.71. The molecule has 7 nitrogen and oxygen atoms in total. The fourth-order valence-electron chi connectivity index (χ4n) is 3.42. The molecule has 160 valence electrons. The van der Waals surface area contributed by atoms with Crippen LogP contribution in [0.4, 0.5) is 0 Å². The lowest BCUT2D eigenvalue weighted by Crippen LogP contribution is -2.45. The third-order valence-corrected chi connectivity index (χ3v) is 4.79. The number of guanidine groups is 1. The molecule has 7 heteroatoms. The Kier molecular flexibility index (Phi) is 8.64. The number of pyridine rings is 1. The third kappa shape index (κ3) is 6.85. The zero-order valence-electron chi connectivity index (χ0n) is 19.0. The largest absolute Gasteiger partial charge is 0.357 e. The Labute approximate surface area is 175 Å². The molecule has 0 radical (unpaired) electrons. The average Bonchev–Trinajstić information content (AvgIpc) is 3.01. The second kappa shape index (κ2) is 11.0. The van der Waals surface area contributed by atoms with Crippen molar-refractivity contribution in [3.63, 3.8) is 0 Å². The molecule has 0 atom stereocenters. The van der Waals surface area contributed by atoms with E-state index in [1.54, 1.807) is 0 Å². The molecule has 0 aromatic carbocycles. The lowest BCUT2D eigenvalue weighted by atomic mass is 10.2. The maximum atomic E-state index is 4.71. The number of nitrogens with one attached hydrogen (secondary N) is 2. The molecule has 2 N–H and O–H groups in total. The molecule has 2 aromatic rings. The lowest BCUT2D eigenvalue weighted by molar-refractivity contribution is 0.178. The summed E-state index contributed by atoms with van der Waals surface area (Å²) in [6.07, 6.45) is 1.87. The number of nitrogens with zero attached hydrogens (tertiary/aromatic N) is 5. The first-order valence-electron chi connectivity index (χ1n) is 10.6.